The normalized spacial score (nSPS) is 38.6. The van der Waals surface area contributed by atoms with E-state index >= 15 is 0 Å². The van der Waals surface area contributed by atoms with Crippen LogP contribution in [0, 0.1) is 0 Å². The van der Waals surface area contributed by atoms with Crippen LogP contribution >= 0.6 is 0 Å². The van der Waals surface area contributed by atoms with Gasteiger partial charge in [-0.3, -0.25) is 0 Å². The van der Waals surface area contributed by atoms with E-state index in [1.165, 1.54) is 6.92 Å². The van der Waals surface area contributed by atoms with E-state index in [1.807, 2.05) is 0 Å². The predicted octanol–water partition coefficient (Wildman–Crippen LogP) is -2.05. The van der Waals surface area contributed by atoms with Gasteiger partial charge in [0.05, 0.1) is 18.8 Å². The molecule has 0 aromatic rings. The second-order valence-corrected chi connectivity index (χ2v) is 4.17. The minimum atomic E-state index is -1.52. The van der Waals surface area contributed by atoms with Gasteiger partial charge in [-0.25, -0.2) is 0 Å². The van der Waals surface area contributed by atoms with E-state index in [2.05, 4.69) is 0 Å². The predicted molar refractivity (Wildman–Crippen MR) is 49.8 cm³/mol. The summed E-state index contributed by atoms with van der Waals surface area (Å²) in [7, 11) is 0. The molecule has 0 saturated carbocycles. The monoisotopic (exact) mass is 273 g/mol. The van der Waals surface area contributed by atoms with Crippen LogP contribution < -0.4 is 0 Å². The molecule has 0 bridgehead atoms. The maximum atomic E-state index is 9.58. The van der Waals surface area contributed by atoms with Crippen LogP contribution in [0.3, 0.4) is 0 Å². The first kappa shape index (κ1) is 16.3. The number of hydrogen-bond donors (Lipinski definition) is 5. The third-order valence-electron chi connectivity index (χ3n) is 2.49. The van der Waals surface area contributed by atoms with Crippen LogP contribution in [-0.4, -0.2) is 62.3 Å². The summed E-state index contributed by atoms with van der Waals surface area (Å²) >= 11 is 0. The summed E-state index contributed by atoms with van der Waals surface area (Å²) in [4.78, 5) is 0. The molecule has 1 aliphatic rings. The Bertz CT molecular complexity index is 212. The fraction of sp³-hybridized carbons (Fsp3) is 1.00. The maximum Gasteiger partial charge on any atom is 0.165 e. The quantitative estimate of drug-likeness (QED) is 0.405. The van der Waals surface area contributed by atoms with E-state index in [9.17, 15) is 20.4 Å². The van der Waals surface area contributed by atoms with E-state index in [-0.39, 0.29) is 31.4 Å². The Labute approximate surface area is 106 Å². The summed E-state index contributed by atoms with van der Waals surface area (Å²) in [5, 5.41) is 46.4. The van der Waals surface area contributed by atoms with Gasteiger partial charge in [-0.05, 0) is 6.92 Å². The molecular weight excluding hydrogens is 255 g/mol. The SMILES string of the molecule is CC1(O)CC(O)CC([C@@H](O)[C@@H](O)CO)O1.[V]. The molecule has 0 amide bonds. The first-order valence-electron chi connectivity index (χ1n) is 4.91. The Morgan fingerprint density at radius 3 is 2.44 bits per heavy atom. The average molecular weight is 273 g/mol. The molecule has 16 heavy (non-hydrogen) atoms. The van der Waals surface area contributed by atoms with Crippen molar-refractivity contribution in [1.29, 1.82) is 0 Å². The largest absolute Gasteiger partial charge is 0.394 e. The number of aliphatic hydroxyl groups excluding tert-OH is 4. The molecule has 1 radical (unpaired) electrons. The van der Waals surface area contributed by atoms with E-state index in [4.69, 9.17) is 9.84 Å². The van der Waals surface area contributed by atoms with Gasteiger partial charge in [-0.2, -0.15) is 0 Å². The second-order valence-electron chi connectivity index (χ2n) is 4.17. The molecule has 3 unspecified atom stereocenters. The molecule has 7 heteroatoms. The van der Waals surface area contributed by atoms with Crippen LogP contribution in [0.15, 0.2) is 0 Å². The number of ether oxygens (including phenoxy) is 1. The molecular formula is C9H18O6V. The van der Waals surface area contributed by atoms with Crippen LogP contribution in [0.2, 0.25) is 0 Å². The van der Waals surface area contributed by atoms with Gasteiger partial charge in [-0.1, -0.05) is 0 Å². The maximum absolute atomic E-state index is 9.58. The topological polar surface area (TPSA) is 110 Å². The van der Waals surface area contributed by atoms with E-state index < -0.39 is 36.8 Å². The molecule has 1 heterocycles. The Balaban J connectivity index is 0.00000225. The van der Waals surface area contributed by atoms with Crippen molar-refractivity contribution in [2.45, 2.75) is 50.0 Å². The smallest absolute Gasteiger partial charge is 0.165 e. The van der Waals surface area contributed by atoms with Gasteiger partial charge in [0.25, 0.3) is 0 Å². The molecule has 0 aliphatic carbocycles. The third kappa shape index (κ3) is 4.31. The minimum absolute atomic E-state index is 0. The van der Waals surface area contributed by atoms with Gasteiger partial charge < -0.3 is 30.3 Å². The van der Waals surface area contributed by atoms with Crippen LogP contribution in [0.4, 0.5) is 0 Å². The molecule has 5 atom stereocenters. The van der Waals surface area contributed by atoms with Gasteiger partial charge in [-0.15, -0.1) is 0 Å². The Hall–Kier alpha value is 0.344. The zero-order chi connectivity index (χ0) is 11.6. The molecule has 1 aliphatic heterocycles. The van der Waals surface area contributed by atoms with Crippen LogP contribution in [0.25, 0.3) is 0 Å². The van der Waals surface area contributed by atoms with E-state index in [1.54, 1.807) is 0 Å². The number of aliphatic hydroxyl groups is 5. The van der Waals surface area contributed by atoms with Gasteiger partial charge in [0.15, 0.2) is 5.79 Å². The Morgan fingerprint density at radius 1 is 1.44 bits per heavy atom. The summed E-state index contributed by atoms with van der Waals surface area (Å²) < 4.78 is 5.10. The molecule has 0 spiro atoms. The van der Waals surface area contributed by atoms with Crippen molar-refractivity contribution in [3.63, 3.8) is 0 Å². The van der Waals surface area contributed by atoms with Crippen molar-refractivity contribution in [1.82, 2.24) is 0 Å². The zero-order valence-electron chi connectivity index (χ0n) is 9.02. The van der Waals surface area contributed by atoms with Crippen LogP contribution in [0.5, 0.6) is 0 Å². The van der Waals surface area contributed by atoms with E-state index in [0.29, 0.717) is 0 Å². The summed E-state index contributed by atoms with van der Waals surface area (Å²) in [5.74, 6) is -1.52. The Morgan fingerprint density at radius 2 is 2.00 bits per heavy atom. The van der Waals surface area contributed by atoms with Gasteiger partial charge in [0.1, 0.15) is 12.2 Å². The van der Waals surface area contributed by atoms with Crippen molar-refractivity contribution in [3.05, 3.63) is 0 Å². The first-order chi connectivity index (χ1) is 6.85. The molecule has 6 nitrogen and oxygen atoms in total. The van der Waals surface area contributed by atoms with Crippen molar-refractivity contribution in [3.8, 4) is 0 Å². The molecule has 5 N–H and O–H groups in total. The van der Waals surface area contributed by atoms with Crippen LogP contribution in [-0.2, 0) is 23.3 Å². The second kappa shape index (κ2) is 6.32. The molecule has 0 aromatic heterocycles. The molecule has 95 valence electrons. The van der Waals surface area contributed by atoms with Crippen molar-refractivity contribution >= 4 is 0 Å². The van der Waals surface area contributed by atoms with Gasteiger partial charge >= 0.3 is 0 Å². The fourth-order valence-corrected chi connectivity index (χ4v) is 1.78. The third-order valence-corrected chi connectivity index (χ3v) is 2.49. The van der Waals surface area contributed by atoms with Crippen molar-refractivity contribution in [2.24, 2.45) is 0 Å². The fourth-order valence-electron chi connectivity index (χ4n) is 1.78. The molecule has 1 fully saturated rings. The Kier molecular flexibility index (Phi) is 6.46. The summed E-state index contributed by atoms with van der Waals surface area (Å²) in [5.41, 5.74) is 0. The first-order valence-corrected chi connectivity index (χ1v) is 4.91. The standard InChI is InChI=1S/C9H18O6.V/c1-9(14)3-5(11)2-7(15-9)8(13)6(12)4-10;/h5-8,10-14H,2-4H2,1H3;/t5?,6-,7?,8-,9?;/m0./s1. The zero-order valence-corrected chi connectivity index (χ0v) is 10.4. The summed E-state index contributed by atoms with van der Waals surface area (Å²) in [6, 6.07) is 0. The summed E-state index contributed by atoms with van der Waals surface area (Å²) in [6.07, 6.45) is -4.16. The van der Waals surface area contributed by atoms with Gasteiger partial charge in [0.2, 0.25) is 0 Å². The molecule has 1 rings (SSSR count). The van der Waals surface area contributed by atoms with E-state index in [0.717, 1.165) is 0 Å². The number of rotatable bonds is 3. The molecule has 0 aromatic carbocycles. The minimum Gasteiger partial charge on any atom is -0.394 e. The van der Waals surface area contributed by atoms with Crippen molar-refractivity contribution in [2.75, 3.05) is 6.61 Å². The van der Waals surface area contributed by atoms with Gasteiger partial charge in [0, 0.05) is 31.4 Å². The van der Waals surface area contributed by atoms with Crippen molar-refractivity contribution < 1.29 is 48.8 Å². The number of hydrogen-bond acceptors (Lipinski definition) is 6. The summed E-state index contributed by atoms with van der Waals surface area (Å²) in [6.45, 7) is 0.777. The van der Waals surface area contributed by atoms with Crippen LogP contribution in [0.1, 0.15) is 19.8 Å². The average Bonchev–Trinajstić information content (AvgIpc) is 2.12. The molecule has 1 saturated heterocycles.